The maximum absolute atomic E-state index is 13.1. The van der Waals surface area contributed by atoms with E-state index in [1.807, 2.05) is 31.2 Å². The topological polar surface area (TPSA) is 109 Å². The van der Waals surface area contributed by atoms with Crippen molar-refractivity contribution in [1.29, 1.82) is 0 Å². The van der Waals surface area contributed by atoms with Crippen molar-refractivity contribution >= 4 is 38.9 Å². The molecule has 0 unspecified atom stereocenters. The minimum Gasteiger partial charge on any atom is -0.467 e. The van der Waals surface area contributed by atoms with Gasteiger partial charge in [0.15, 0.2) is 6.61 Å². The Kier molecular flexibility index (Phi) is 7.27. The molecule has 0 aliphatic carbocycles. The summed E-state index contributed by atoms with van der Waals surface area (Å²) >= 11 is 1.17. The van der Waals surface area contributed by atoms with Gasteiger partial charge in [-0.2, -0.15) is 9.41 Å². The first-order chi connectivity index (χ1) is 17.8. The minimum absolute atomic E-state index is 0.227. The van der Waals surface area contributed by atoms with Gasteiger partial charge < -0.3 is 9.15 Å². The molecule has 0 radical (unpaired) electrons. The first-order valence-corrected chi connectivity index (χ1v) is 14.3. The van der Waals surface area contributed by atoms with Gasteiger partial charge in [0.2, 0.25) is 0 Å². The maximum atomic E-state index is 13.1. The van der Waals surface area contributed by atoms with E-state index in [9.17, 15) is 18.0 Å². The van der Waals surface area contributed by atoms with Crippen LogP contribution in [0.3, 0.4) is 0 Å². The van der Waals surface area contributed by atoms with Crippen molar-refractivity contribution in [3.63, 3.8) is 0 Å². The average Bonchev–Trinajstić information content (AvgIpc) is 3.69. The van der Waals surface area contributed by atoms with E-state index in [4.69, 9.17) is 9.15 Å². The Morgan fingerprint density at radius 1 is 1.11 bits per heavy atom. The van der Waals surface area contributed by atoms with Crippen LogP contribution in [-0.4, -0.2) is 55.0 Å². The van der Waals surface area contributed by atoms with Crippen LogP contribution < -0.4 is 0 Å². The number of furan rings is 1. The smallest absolute Gasteiger partial charge is 0.309 e. The lowest BCUT2D eigenvalue weighted by molar-refractivity contribution is -0.157. The summed E-state index contributed by atoms with van der Waals surface area (Å²) in [5.74, 6) is -0.814. The van der Waals surface area contributed by atoms with E-state index < -0.39 is 40.5 Å². The molecule has 2 aromatic heterocycles. The predicted molar refractivity (Wildman–Crippen MR) is 137 cm³/mol. The number of rotatable bonds is 7. The summed E-state index contributed by atoms with van der Waals surface area (Å²) in [7, 11) is -3.55. The maximum Gasteiger partial charge on any atom is 0.309 e. The molecule has 1 saturated heterocycles. The van der Waals surface area contributed by atoms with Gasteiger partial charge in [-0.3, -0.25) is 9.59 Å². The predicted octanol–water partition coefficient (Wildman–Crippen LogP) is 3.97. The number of aryl methyl sites for hydroxylation is 1. The summed E-state index contributed by atoms with van der Waals surface area (Å²) < 4.78 is 38.0. The van der Waals surface area contributed by atoms with Gasteiger partial charge in [-0.25, -0.2) is 13.4 Å². The third-order valence-electron chi connectivity index (χ3n) is 6.64. The monoisotopic (exact) mass is 541 g/mol. The van der Waals surface area contributed by atoms with Crippen LogP contribution >= 0.6 is 11.3 Å². The van der Waals surface area contributed by atoms with Gasteiger partial charge in [0.05, 0.1) is 17.9 Å². The summed E-state index contributed by atoms with van der Waals surface area (Å²) in [4.78, 5) is 25.8. The summed E-state index contributed by atoms with van der Waals surface area (Å²) in [6.07, 6.45) is 2.71. The average molecular weight is 542 g/mol. The van der Waals surface area contributed by atoms with Crippen molar-refractivity contribution in [1.82, 2.24) is 9.31 Å². The number of hydrazone groups is 1. The van der Waals surface area contributed by atoms with Crippen molar-refractivity contribution in [3.8, 4) is 0 Å². The molecule has 1 fully saturated rings. The first-order valence-electron chi connectivity index (χ1n) is 12.0. The highest BCUT2D eigenvalue weighted by Gasteiger charge is 2.37. The molecule has 2 aliphatic heterocycles. The summed E-state index contributed by atoms with van der Waals surface area (Å²) in [5, 5.41) is 7.61. The number of amides is 1. The number of carbonyl (C=O) groups is 2. The molecule has 37 heavy (non-hydrogen) atoms. The number of hydrogen-bond acceptors (Lipinski definition) is 8. The van der Waals surface area contributed by atoms with E-state index >= 15 is 0 Å². The van der Waals surface area contributed by atoms with Gasteiger partial charge >= 0.3 is 5.97 Å². The highest BCUT2D eigenvalue weighted by Crippen LogP contribution is 2.33. The molecule has 0 spiro atoms. The van der Waals surface area contributed by atoms with Crippen LogP contribution in [-0.2, 0) is 24.3 Å². The Hall–Kier alpha value is -3.28. The number of esters is 1. The highest BCUT2D eigenvalue weighted by molar-refractivity contribution is 7.91. The van der Waals surface area contributed by atoms with Crippen LogP contribution in [0.15, 0.2) is 73.9 Å². The van der Waals surface area contributed by atoms with Gasteiger partial charge in [-0.15, -0.1) is 11.3 Å². The van der Waals surface area contributed by atoms with Crippen LogP contribution in [0.2, 0.25) is 0 Å². The molecule has 2 aliphatic rings. The fraction of sp³-hybridized carbons (Fsp3) is 0.346. The van der Waals surface area contributed by atoms with Crippen LogP contribution in [0, 0.1) is 12.8 Å². The Bertz CT molecular complexity index is 1370. The van der Waals surface area contributed by atoms with E-state index in [0.717, 1.165) is 16.8 Å². The lowest BCUT2D eigenvalue weighted by atomic mass is 9.98. The number of sulfonamides is 1. The van der Waals surface area contributed by atoms with Crippen LogP contribution in [0.25, 0.3) is 0 Å². The molecule has 194 valence electrons. The standard InChI is InChI=1S/C26H27N3O6S2/c1-18-6-8-19(9-7-18)21-16-22(23-4-2-14-34-23)29(27-21)24(30)17-35-26(31)20-10-12-28(13-11-20)37(32,33)25-5-3-15-36-25/h2-9,14-15,20,22H,10-13,16-17H2,1H3/t22-/m1/s1. The van der Waals surface area contributed by atoms with E-state index in [0.29, 0.717) is 29.2 Å². The van der Waals surface area contributed by atoms with E-state index in [1.54, 1.807) is 35.9 Å². The number of benzene rings is 1. The zero-order valence-corrected chi connectivity index (χ0v) is 21.9. The number of ether oxygens (including phenoxy) is 1. The van der Waals surface area contributed by atoms with Gasteiger partial charge in [0.1, 0.15) is 16.0 Å². The SMILES string of the molecule is Cc1ccc(C2=NN(C(=O)COC(=O)C3CCN(S(=O)(=O)c4cccs4)CC3)[C@@H](c3ccco3)C2)cc1. The number of thiophene rings is 1. The van der Waals surface area contributed by atoms with Gasteiger partial charge in [0.25, 0.3) is 15.9 Å². The Morgan fingerprint density at radius 2 is 1.86 bits per heavy atom. The molecule has 0 saturated carbocycles. The molecule has 9 nitrogen and oxygen atoms in total. The summed E-state index contributed by atoms with van der Waals surface area (Å²) in [6, 6.07) is 14.3. The third kappa shape index (κ3) is 5.39. The molecule has 1 amide bonds. The highest BCUT2D eigenvalue weighted by atomic mass is 32.2. The molecule has 0 bridgehead atoms. The molecule has 11 heteroatoms. The molecule has 4 heterocycles. The van der Waals surface area contributed by atoms with Crippen LogP contribution in [0.5, 0.6) is 0 Å². The minimum atomic E-state index is -3.55. The van der Waals surface area contributed by atoms with Crippen molar-refractivity contribution in [2.45, 2.75) is 36.4 Å². The Morgan fingerprint density at radius 3 is 2.51 bits per heavy atom. The fourth-order valence-electron chi connectivity index (χ4n) is 4.55. The summed E-state index contributed by atoms with van der Waals surface area (Å²) in [6.45, 7) is 2.01. The van der Waals surface area contributed by atoms with Crippen molar-refractivity contribution in [2.75, 3.05) is 19.7 Å². The number of hydrogen-bond donors (Lipinski definition) is 0. The second-order valence-electron chi connectivity index (χ2n) is 9.10. The largest absolute Gasteiger partial charge is 0.467 e. The molecule has 1 atom stereocenters. The van der Waals surface area contributed by atoms with Gasteiger partial charge in [0, 0.05) is 19.5 Å². The second kappa shape index (κ2) is 10.6. The number of carbonyl (C=O) groups excluding carboxylic acids is 2. The van der Waals surface area contributed by atoms with Crippen LogP contribution in [0.4, 0.5) is 0 Å². The summed E-state index contributed by atoms with van der Waals surface area (Å²) in [5.41, 5.74) is 2.79. The molecule has 1 aromatic carbocycles. The lowest BCUT2D eigenvalue weighted by Crippen LogP contribution is -2.41. The normalized spacial score (nSPS) is 19.1. The third-order valence-corrected chi connectivity index (χ3v) is 9.91. The Balaban J connectivity index is 1.20. The molecular formula is C26H27N3O6S2. The molecular weight excluding hydrogens is 514 g/mol. The van der Waals surface area contributed by atoms with E-state index in [-0.39, 0.29) is 13.1 Å². The first kappa shape index (κ1) is 25.4. The van der Waals surface area contributed by atoms with Crippen molar-refractivity contribution in [3.05, 3.63) is 77.1 Å². The quantitative estimate of drug-likeness (QED) is 0.419. The molecule has 3 aromatic rings. The van der Waals surface area contributed by atoms with E-state index in [2.05, 4.69) is 5.10 Å². The number of nitrogens with zero attached hydrogens (tertiary/aromatic N) is 3. The van der Waals surface area contributed by atoms with E-state index in [1.165, 1.54) is 20.7 Å². The zero-order chi connectivity index (χ0) is 26.0. The number of piperidine rings is 1. The van der Waals surface area contributed by atoms with Gasteiger partial charge in [-0.1, -0.05) is 35.9 Å². The fourth-order valence-corrected chi connectivity index (χ4v) is 7.16. The molecule has 5 rings (SSSR count). The lowest BCUT2D eigenvalue weighted by Gasteiger charge is -2.29. The zero-order valence-electron chi connectivity index (χ0n) is 20.3. The second-order valence-corrected chi connectivity index (χ2v) is 12.2. The van der Waals surface area contributed by atoms with Crippen LogP contribution in [0.1, 0.15) is 42.2 Å². The molecule has 0 N–H and O–H groups in total. The van der Waals surface area contributed by atoms with Gasteiger partial charge in [-0.05, 0) is 48.9 Å². The van der Waals surface area contributed by atoms with Crippen molar-refractivity contribution in [2.24, 2.45) is 11.0 Å². The Labute approximate surface area is 219 Å². The van der Waals surface area contributed by atoms with Crippen molar-refractivity contribution < 1.29 is 27.2 Å².